The highest BCUT2D eigenvalue weighted by Crippen LogP contribution is 2.46. The van der Waals surface area contributed by atoms with Crippen molar-refractivity contribution in [2.24, 2.45) is 5.92 Å². The van der Waals surface area contributed by atoms with Gasteiger partial charge in [-0.3, -0.25) is 19.3 Å². The molecule has 1 saturated heterocycles. The largest absolute Gasteiger partial charge is 0.308 e. The summed E-state index contributed by atoms with van der Waals surface area (Å²) in [7, 11) is 0. The van der Waals surface area contributed by atoms with Crippen molar-refractivity contribution in [1.82, 2.24) is 4.90 Å². The van der Waals surface area contributed by atoms with Crippen molar-refractivity contribution in [2.45, 2.75) is 51.9 Å². The lowest BCUT2D eigenvalue weighted by Crippen LogP contribution is -2.30. The van der Waals surface area contributed by atoms with Crippen molar-refractivity contribution in [3.05, 3.63) is 59.0 Å². The van der Waals surface area contributed by atoms with Crippen LogP contribution in [0.25, 0.3) is 16.7 Å². The van der Waals surface area contributed by atoms with Crippen LogP contribution >= 0.6 is 11.8 Å². The molecule has 2 aromatic carbocycles. The molecule has 0 bridgehead atoms. The van der Waals surface area contributed by atoms with E-state index in [9.17, 15) is 14.4 Å². The van der Waals surface area contributed by atoms with E-state index in [2.05, 4.69) is 0 Å². The van der Waals surface area contributed by atoms with Gasteiger partial charge in [0.1, 0.15) is 0 Å². The van der Waals surface area contributed by atoms with Crippen LogP contribution in [0, 0.1) is 5.92 Å². The van der Waals surface area contributed by atoms with Gasteiger partial charge >= 0.3 is 0 Å². The number of amides is 3. The average molecular weight is 475 g/mol. The van der Waals surface area contributed by atoms with E-state index in [0.717, 1.165) is 52.9 Å². The van der Waals surface area contributed by atoms with Crippen LogP contribution in [0.15, 0.2) is 53.4 Å². The fourth-order valence-electron chi connectivity index (χ4n) is 5.42. The Morgan fingerprint density at radius 1 is 0.882 bits per heavy atom. The second kappa shape index (κ2) is 9.79. The van der Waals surface area contributed by atoms with Crippen molar-refractivity contribution < 1.29 is 14.4 Å². The zero-order valence-electron chi connectivity index (χ0n) is 19.6. The Hall–Kier alpha value is -2.86. The van der Waals surface area contributed by atoms with E-state index < -0.39 is 0 Å². The lowest BCUT2D eigenvalue weighted by Gasteiger charge is -2.23. The molecule has 5 nitrogen and oxygen atoms in total. The summed E-state index contributed by atoms with van der Waals surface area (Å²) in [5.74, 6) is 0.235. The van der Waals surface area contributed by atoms with Gasteiger partial charge in [-0.25, -0.2) is 0 Å². The van der Waals surface area contributed by atoms with Gasteiger partial charge in [0.15, 0.2) is 0 Å². The number of carbonyl (C=O) groups is 3. The maximum absolute atomic E-state index is 13.7. The zero-order chi connectivity index (χ0) is 23.7. The van der Waals surface area contributed by atoms with E-state index >= 15 is 0 Å². The first kappa shape index (κ1) is 22.9. The summed E-state index contributed by atoms with van der Waals surface area (Å²) in [4.78, 5) is 42.5. The van der Waals surface area contributed by atoms with Crippen LogP contribution in [-0.4, -0.2) is 35.0 Å². The summed E-state index contributed by atoms with van der Waals surface area (Å²) in [5, 5.41) is -0.306. The van der Waals surface area contributed by atoms with Gasteiger partial charge in [0.25, 0.3) is 17.1 Å². The fourth-order valence-corrected chi connectivity index (χ4v) is 6.41. The molecule has 6 heteroatoms. The number of carbonyl (C=O) groups excluding carboxylic acids is 3. The molecule has 0 spiro atoms. The number of benzene rings is 2. The van der Waals surface area contributed by atoms with E-state index in [1.807, 2.05) is 53.4 Å². The number of hydrogen-bond donors (Lipinski definition) is 0. The number of anilines is 1. The van der Waals surface area contributed by atoms with E-state index in [1.54, 1.807) is 6.92 Å². The van der Waals surface area contributed by atoms with Crippen LogP contribution in [0.5, 0.6) is 0 Å². The first-order valence-corrected chi connectivity index (χ1v) is 13.2. The predicted octanol–water partition coefficient (Wildman–Crippen LogP) is 6.49. The van der Waals surface area contributed by atoms with Crippen molar-refractivity contribution in [3.8, 4) is 11.1 Å². The number of hydrogen-bond acceptors (Lipinski definition) is 4. The summed E-state index contributed by atoms with van der Waals surface area (Å²) < 4.78 is 0. The maximum Gasteiger partial charge on any atom is 0.293 e. The van der Waals surface area contributed by atoms with E-state index in [-0.39, 0.29) is 22.0 Å². The molecule has 3 amide bonds. The van der Waals surface area contributed by atoms with Crippen LogP contribution in [0.4, 0.5) is 10.5 Å². The molecular formula is C28H30N2O3S. The topological polar surface area (TPSA) is 57.7 Å². The summed E-state index contributed by atoms with van der Waals surface area (Å²) in [5.41, 5.74) is 4.01. The number of fused-ring (bicyclic) bond motifs is 1. The van der Waals surface area contributed by atoms with E-state index in [1.165, 1.54) is 37.0 Å². The molecule has 5 rings (SSSR count). The van der Waals surface area contributed by atoms with Crippen LogP contribution in [-0.2, 0) is 9.59 Å². The minimum absolute atomic E-state index is 0.162. The Kier molecular flexibility index (Phi) is 6.59. The van der Waals surface area contributed by atoms with Crippen molar-refractivity contribution in [2.75, 3.05) is 18.0 Å². The van der Waals surface area contributed by atoms with Gasteiger partial charge in [-0.2, -0.15) is 0 Å². The molecule has 0 radical (unpaired) electrons. The Labute approximate surface area is 205 Å². The third kappa shape index (κ3) is 4.20. The lowest BCUT2D eigenvalue weighted by atomic mass is 9.86. The Balaban J connectivity index is 1.50. The molecule has 1 saturated carbocycles. The van der Waals surface area contributed by atoms with E-state index in [4.69, 9.17) is 0 Å². The number of thioether (sulfide) groups is 1. The standard InChI is InChI=1S/C28H30N2O3S/c1-2-29-27(32)25(34-28(29)33)24-22-18-21(20-13-7-4-8-14-20)15-16-23(22)30(26(24)31)17-9-12-19-10-5-3-6-11-19/h4,7-8,13-16,18-19H,2-3,5-6,9-12,17H2,1H3/b25-24-. The molecule has 1 aliphatic carbocycles. The minimum Gasteiger partial charge on any atom is -0.308 e. The number of likely N-dealkylation sites (N-methyl/N-ethyl adjacent to an activating group) is 1. The Bertz CT molecular complexity index is 1150. The molecule has 0 unspecified atom stereocenters. The van der Waals surface area contributed by atoms with Crippen LogP contribution < -0.4 is 4.90 Å². The maximum atomic E-state index is 13.7. The van der Waals surface area contributed by atoms with Gasteiger partial charge in [-0.15, -0.1) is 0 Å². The predicted molar refractivity (Wildman–Crippen MR) is 137 cm³/mol. The average Bonchev–Trinajstić information content (AvgIpc) is 3.30. The van der Waals surface area contributed by atoms with Crippen LogP contribution in [0.2, 0.25) is 0 Å². The summed E-state index contributed by atoms with van der Waals surface area (Å²) in [6, 6.07) is 16.0. The molecule has 0 aromatic heterocycles. The third-order valence-corrected chi connectivity index (χ3v) is 8.21. The SMILES string of the molecule is CCN1C(=O)S/C(=C2\C(=O)N(CCCC3CCCCC3)c3ccc(-c4ccccc4)cc32)C1=O. The van der Waals surface area contributed by atoms with Gasteiger partial charge in [-0.05, 0) is 60.7 Å². The quantitative estimate of drug-likeness (QED) is 0.449. The zero-order valence-corrected chi connectivity index (χ0v) is 20.4. The number of imide groups is 1. The summed E-state index contributed by atoms with van der Waals surface area (Å²) in [6.45, 7) is 2.71. The number of nitrogens with zero attached hydrogens (tertiary/aromatic N) is 2. The van der Waals surface area contributed by atoms with Crippen LogP contribution in [0.3, 0.4) is 0 Å². The lowest BCUT2D eigenvalue weighted by molar-refractivity contribution is -0.123. The van der Waals surface area contributed by atoms with Crippen molar-refractivity contribution in [3.63, 3.8) is 0 Å². The smallest absolute Gasteiger partial charge is 0.293 e. The summed E-state index contributed by atoms with van der Waals surface area (Å²) in [6.07, 6.45) is 8.63. The van der Waals surface area contributed by atoms with Gasteiger partial charge in [0.2, 0.25) is 0 Å². The monoisotopic (exact) mass is 474 g/mol. The van der Waals surface area contributed by atoms with Gasteiger partial charge in [0.05, 0.1) is 16.2 Å². The highest BCUT2D eigenvalue weighted by molar-refractivity contribution is 8.18. The Morgan fingerprint density at radius 3 is 2.35 bits per heavy atom. The molecule has 34 heavy (non-hydrogen) atoms. The normalized spacial score (nSPS) is 21.0. The molecule has 3 aliphatic rings. The molecular weight excluding hydrogens is 444 g/mol. The minimum atomic E-state index is -0.360. The molecule has 0 N–H and O–H groups in total. The van der Waals surface area contributed by atoms with E-state index in [0.29, 0.717) is 18.7 Å². The van der Waals surface area contributed by atoms with Gasteiger partial charge in [0, 0.05) is 18.7 Å². The summed E-state index contributed by atoms with van der Waals surface area (Å²) >= 11 is 0.891. The fraction of sp³-hybridized carbons (Fsp3) is 0.393. The second-order valence-electron chi connectivity index (χ2n) is 9.32. The van der Waals surface area contributed by atoms with Gasteiger partial charge < -0.3 is 4.90 Å². The molecule has 2 aromatic rings. The number of rotatable bonds is 6. The molecule has 2 heterocycles. The van der Waals surface area contributed by atoms with Crippen LogP contribution in [0.1, 0.15) is 57.4 Å². The molecule has 0 atom stereocenters. The van der Waals surface area contributed by atoms with Crippen molar-refractivity contribution in [1.29, 1.82) is 0 Å². The molecule has 2 fully saturated rings. The van der Waals surface area contributed by atoms with Crippen molar-refractivity contribution >= 4 is 40.1 Å². The first-order valence-electron chi connectivity index (χ1n) is 12.4. The molecule has 176 valence electrons. The second-order valence-corrected chi connectivity index (χ2v) is 10.3. The highest BCUT2D eigenvalue weighted by atomic mass is 32.2. The third-order valence-electron chi connectivity index (χ3n) is 7.23. The molecule has 2 aliphatic heterocycles. The highest BCUT2D eigenvalue weighted by Gasteiger charge is 2.43. The first-order chi connectivity index (χ1) is 16.6. The van der Waals surface area contributed by atoms with Gasteiger partial charge in [-0.1, -0.05) is 68.5 Å². The Morgan fingerprint density at radius 2 is 1.65 bits per heavy atom.